The van der Waals surface area contributed by atoms with Crippen molar-refractivity contribution in [2.24, 2.45) is 0 Å². The van der Waals surface area contributed by atoms with Gasteiger partial charge in [0.25, 0.3) is 0 Å². The molecule has 0 saturated carbocycles. The number of anilines is 1. The summed E-state index contributed by atoms with van der Waals surface area (Å²) >= 11 is 0. The molecule has 0 radical (unpaired) electrons. The largest absolute Gasteiger partial charge is 0.374 e. The van der Waals surface area contributed by atoms with Gasteiger partial charge in [-0.15, -0.1) is 24.8 Å². The van der Waals surface area contributed by atoms with Gasteiger partial charge in [-0.05, 0) is 25.1 Å². The number of fused-ring (bicyclic) bond motifs is 1. The van der Waals surface area contributed by atoms with Gasteiger partial charge in [0.05, 0.1) is 23.6 Å². The number of halogens is 2. The number of aromatic amines is 2. The molecular formula is C18H19Cl2N5. The molecule has 130 valence electrons. The fraction of sp³-hybridized carbons (Fsp3) is 0.111. The normalized spacial score (nSPS) is 11.4. The van der Waals surface area contributed by atoms with Crippen molar-refractivity contribution in [3.05, 3.63) is 67.0 Å². The number of pyridine rings is 1. The molecule has 1 aromatic carbocycles. The van der Waals surface area contributed by atoms with E-state index in [1.807, 2.05) is 36.7 Å². The van der Waals surface area contributed by atoms with Crippen LogP contribution in [-0.4, -0.2) is 19.9 Å². The molecule has 4 aromatic rings. The van der Waals surface area contributed by atoms with E-state index in [-0.39, 0.29) is 30.9 Å². The summed E-state index contributed by atoms with van der Waals surface area (Å²) in [6.45, 7) is 2.09. The van der Waals surface area contributed by atoms with Crippen LogP contribution in [0.4, 0.5) is 5.69 Å². The van der Waals surface area contributed by atoms with Gasteiger partial charge >= 0.3 is 0 Å². The fourth-order valence-electron chi connectivity index (χ4n) is 2.73. The Hall–Kier alpha value is -2.50. The molecule has 7 heteroatoms. The zero-order valence-corrected chi connectivity index (χ0v) is 15.2. The molecule has 3 N–H and O–H groups in total. The maximum absolute atomic E-state index is 4.50. The minimum absolute atomic E-state index is 0. The topological polar surface area (TPSA) is 69.4 Å². The predicted octanol–water partition coefficient (Wildman–Crippen LogP) is 4.97. The Morgan fingerprint density at radius 2 is 1.80 bits per heavy atom. The smallest absolute Gasteiger partial charge is 0.128 e. The first-order chi connectivity index (χ1) is 11.3. The van der Waals surface area contributed by atoms with E-state index < -0.39 is 0 Å². The standard InChI is InChI=1S/C18H17N5.2ClH/c1-12(22-17-11-20-15-5-3-2-4-14(15)17)18-21-10-16(23-18)13-6-8-19-9-7-13;;/h2-12,20,22H,1H3,(H,21,23);2*1H. The lowest BCUT2D eigenvalue weighted by atomic mass is 10.2. The summed E-state index contributed by atoms with van der Waals surface area (Å²) in [5, 5.41) is 4.69. The summed E-state index contributed by atoms with van der Waals surface area (Å²) in [5.41, 5.74) is 4.28. The molecule has 0 aliphatic heterocycles. The molecule has 1 unspecified atom stereocenters. The van der Waals surface area contributed by atoms with Crippen molar-refractivity contribution in [3.8, 4) is 11.3 Å². The number of para-hydroxylation sites is 1. The first kappa shape index (κ1) is 18.8. The molecule has 0 bridgehead atoms. The number of hydrogen-bond acceptors (Lipinski definition) is 3. The van der Waals surface area contributed by atoms with E-state index in [0.29, 0.717) is 0 Å². The summed E-state index contributed by atoms with van der Waals surface area (Å²) in [7, 11) is 0. The highest BCUT2D eigenvalue weighted by atomic mass is 35.5. The van der Waals surface area contributed by atoms with Crippen molar-refractivity contribution in [2.45, 2.75) is 13.0 Å². The highest BCUT2D eigenvalue weighted by Crippen LogP contribution is 2.26. The van der Waals surface area contributed by atoms with Crippen LogP contribution in [0.5, 0.6) is 0 Å². The first-order valence-corrected chi connectivity index (χ1v) is 7.59. The lowest BCUT2D eigenvalue weighted by Gasteiger charge is -2.12. The number of aromatic nitrogens is 4. The summed E-state index contributed by atoms with van der Waals surface area (Å²) < 4.78 is 0. The van der Waals surface area contributed by atoms with Crippen molar-refractivity contribution in [2.75, 3.05) is 5.32 Å². The molecule has 1 atom stereocenters. The summed E-state index contributed by atoms with van der Waals surface area (Å²) in [6, 6.07) is 12.2. The van der Waals surface area contributed by atoms with E-state index in [4.69, 9.17) is 0 Å². The zero-order chi connectivity index (χ0) is 15.6. The van der Waals surface area contributed by atoms with Crippen LogP contribution in [0.15, 0.2) is 61.2 Å². The highest BCUT2D eigenvalue weighted by Gasteiger charge is 2.12. The van der Waals surface area contributed by atoms with Gasteiger partial charge in [0.1, 0.15) is 5.82 Å². The van der Waals surface area contributed by atoms with E-state index >= 15 is 0 Å². The third-order valence-corrected chi connectivity index (χ3v) is 3.96. The Labute approximate surface area is 158 Å². The fourth-order valence-corrected chi connectivity index (χ4v) is 2.73. The second-order valence-corrected chi connectivity index (χ2v) is 5.53. The van der Waals surface area contributed by atoms with Crippen LogP contribution in [-0.2, 0) is 0 Å². The second kappa shape index (κ2) is 8.05. The van der Waals surface area contributed by atoms with Gasteiger partial charge in [0, 0.05) is 35.1 Å². The molecule has 0 spiro atoms. The van der Waals surface area contributed by atoms with Crippen LogP contribution in [0.2, 0.25) is 0 Å². The van der Waals surface area contributed by atoms with Gasteiger partial charge in [-0.3, -0.25) is 4.98 Å². The molecule has 0 aliphatic rings. The van der Waals surface area contributed by atoms with E-state index in [9.17, 15) is 0 Å². The molecule has 4 rings (SSSR count). The SMILES string of the molecule is CC(Nc1c[nH]c2ccccc12)c1ncc(-c2ccncc2)[nH]1.Cl.Cl. The summed E-state index contributed by atoms with van der Waals surface area (Å²) in [4.78, 5) is 15.2. The minimum Gasteiger partial charge on any atom is -0.374 e. The van der Waals surface area contributed by atoms with Crippen molar-refractivity contribution in [1.82, 2.24) is 19.9 Å². The Morgan fingerprint density at radius 3 is 2.60 bits per heavy atom. The van der Waals surface area contributed by atoms with Crippen LogP contribution in [0, 0.1) is 0 Å². The molecule has 3 heterocycles. The van der Waals surface area contributed by atoms with Gasteiger partial charge in [-0.2, -0.15) is 0 Å². The molecule has 0 aliphatic carbocycles. The van der Waals surface area contributed by atoms with Crippen molar-refractivity contribution in [3.63, 3.8) is 0 Å². The average molecular weight is 376 g/mol. The van der Waals surface area contributed by atoms with Crippen molar-refractivity contribution in [1.29, 1.82) is 0 Å². The lowest BCUT2D eigenvalue weighted by molar-refractivity contribution is 0.812. The number of H-pyrrole nitrogens is 2. The lowest BCUT2D eigenvalue weighted by Crippen LogP contribution is -2.07. The first-order valence-electron chi connectivity index (χ1n) is 7.59. The van der Waals surface area contributed by atoms with Crippen molar-refractivity contribution < 1.29 is 0 Å². The quantitative estimate of drug-likeness (QED) is 0.471. The van der Waals surface area contributed by atoms with Gasteiger partial charge in [0.15, 0.2) is 0 Å². The highest BCUT2D eigenvalue weighted by molar-refractivity contribution is 5.92. The van der Waals surface area contributed by atoms with Crippen LogP contribution >= 0.6 is 24.8 Å². The Bertz CT molecular complexity index is 933. The third-order valence-electron chi connectivity index (χ3n) is 3.96. The van der Waals surface area contributed by atoms with E-state index in [1.54, 1.807) is 12.4 Å². The number of benzene rings is 1. The Balaban J connectivity index is 0.00000113. The Kier molecular flexibility index (Phi) is 6.07. The number of rotatable bonds is 4. The molecule has 25 heavy (non-hydrogen) atoms. The molecule has 0 fully saturated rings. The number of imidazole rings is 1. The van der Waals surface area contributed by atoms with E-state index in [0.717, 1.165) is 28.3 Å². The molecule has 0 saturated heterocycles. The molecule has 3 aromatic heterocycles. The van der Waals surface area contributed by atoms with E-state index in [1.165, 1.54) is 5.39 Å². The number of nitrogens with zero attached hydrogens (tertiary/aromatic N) is 2. The average Bonchev–Trinajstić information content (AvgIpc) is 3.24. The molecular weight excluding hydrogens is 357 g/mol. The minimum atomic E-state index is 0. The van der Waals surface area contributed by atoms with Gasteiger partial charge in [-0.25, -0.2) is 4.98 Å². The van der Waals surface area contributed by atoms with Crippen molar-refractivity contribution >= 4 is 41.4 Å². The third kappa shape index (κ3) is 3.78. The summed E-state index contributed by atoms with van der Waals surface area (Å²) in [6.07, 6.45) is 7.42. The number of hydrogen-bond donors (Lipinski definition) is 3. The van der Waals surface area contributed by atoms with Gasteiger partial charge in [0.2, 0.25) is 0 Å². The molecule has 5 nitrogen and oxygen atoms in total. The number of nitrogens with one attached hydrogen (secondary N) is 3. The van der Waals surface area contributed by atoms with Crippen LogP contribution in [0.1, 0.15) is 18.8 Å². The van der Waals surface area contributed by atoms with Crippen LogP contribution in [0.25, 0.3) is 22.2 Å². The summed E-state index contributed by atoms with van der Waals surface area (Å²) in [5.74, 6) is 0.905. The van der Waals surface area contributed by atoms with Gasteiger partial charge in [-0.1, -0.05) is 18.2 Å². The maximum Gasteiger partial charge on any atom is 0.128 e. The Morgan fingerprint density at radius 1 is 1.04 bits per heavy atom. The van der Waals surface area contributed by atoms with Crippen LogP contribution in [0.3, 0.4) is 0 Å². The monoisotopic (exact) mass is 375 g/mol. The maximum atomic E-state index is 4.50. The molecule has 0 amide bonds. The van der Waals surface area contributed by atoms with E-state index in [2.05, 4.69) is 44.3 Å². The predicted molar refractivity (Wildman–Crippen MR) is 107 cm³/mol. The van der Waals surface area contributed by atoms with Crippen LogP contribution < -0.4 is 5.32 Å². The second-order valence-electron chi connectivity index (χ2n) is 5.53. The van der Waals surface area contributed by atoms with Gasteiger partial charge < -0.3 is 15.3 Å². The zero-order valence-electron chi connectivity index (χ0n) is 13.6.